The molecule has 0 saturated carbocycles. The van der Waals surface area contributed by atoms with Crippen LogP contribution in [0.5, 0.6) is 5.75 Å². The first-order valence-electron chi connectivity index (χ1n) is 6.94. The fourth-order valence-electron chi connectivity index (χ4n) is 2.22. The zero-order valence-electron chi connectivity index (χ0n) is 11.9. The van der Waals surface area contributed by atoms with E-state index in [1.54, 1.807) is 12.1 Å². The maximum Gasteiger partial charge on any atom is 0.344 e. The van der Waals surface area contributed by atoms with Gasteiger partial charge in [-0.2, -0.15) is 0 Å². The van der Waals surface area contributed by atoms with Crippen molar-refractivity contribution in [3.8, 4) is 5.75 Å². The van der Waals surface area contributed by atoms with Crippen molar-refractivity contribution >= 4 is 5.97 Å². The molecule has 1 saturated heterocycles. The molecule has 1 atom stereocenters. The number of likely N-dealkylation sites (tertiary alicyclic amines) is 1. The SMILES string of the molecule is C[C@@H](Oc1ccc(CN2CCC(F)(F)CC2)cc1)C(=O)O. The van der Waals surface area contributed by atoms with E-state index in [4.69, 9.17) is 9.84 Å². The summed E-state index contributed by atoms with van der Waals surface area (Å²) in [6.07, 6.45) is -1.09. The first-order chi connectivity index (χ1) is 9.85. The molecule has 1 aromatic carbocycles. The molecule has 4 nitrogen and oxygen atoms in total. The number of rotatable bonds is 5. The van der Waals surface area contributed by atoms with Gasteiger partial charge < -0.3 is 9.84 Å². The Morgan fingerprint density at radius 2 is 1.90 bits per heavy atom. The van der Waals surface area contributed by atoms with Crippen LogP contribution in [0.25, 0.3) is 0 Å². The third kappa shape index (κ3) is 4.67. The Kier molecular flexibility index (Phi) is 4.77. The molecule has 0 bridgehead atoms. The van der Waals surface area contributed by atoms with Gasteiger partial charge in [0, 0.05) is 32.5 Å². The summed E-state index contributed by atoms with van der Waals surface area (Å²) >= 11 is 0. The maximum absolute atomic E-state index is 13.1. The van der Waals surface area contributed by atoms with Gasteiger partial charge in [0.25, 0.3) is 5.92 Å². The van der Waals surface area contributed by atoms with Crippen LogP contribution in [-0.2, 0) is 11.3 Å². The third-order valence-electron chi connectivity index (χ3n) is 3.58. The molecular weight excluding hydrogens is 280 g/mol. The highest BCUT2D eigenvalue weighted by molar-refractivity contribution is 5.72. The Morgan fingerprint density at radius 3 is 2.43 bits per heavy atom. The van der Waals surface area contributed by atoms with Crippen molar-refractivity contribution in [1.29, 1.82) is 0 Å². The van der Waals surface area contributed by atoms with Crippen LogP contribution >= 0.6 is 0 Å². The van der Waals surface area contributed by atoms with Crippen molar-refractivity contribution in [3.05, 3.63) is 29.8 Å². The Morgan fingerprint density at radius 1 is 1.33 bits per heavy atom. The van der Waals surface area contributed by atoms with E-state index in [0.29, 0.717) is 25.4 Å². The molecule has 0 radical (unpaired) electrons. The quantitative estimate of drug-likeness (QED) is 0.908. The number of alkyl halides is 2. The first-order valence-corrected chi connectivity index (χ1v) is 6.94. The van der Waals surface area contributed by atoms with Crippen LogP contribution in [0.2, 0.25) is 0 Å². The van der Waals surface area contributed by atoms with E-state index in [-0.39, 0.29) is 12.8 Å². The fraction of sp³-hybridized carbons (Fsp3) is 0.533. The predicted octanol–water partition coefficient (Wildman–Crippen LogP) is 2.77. The minimum atomic E-state index is -2.53. The monoisotopic (exact) mass is 299 g/mol. The van der Waals surface area contributed by atoms with Crippen molar-refractivity contribution < 1.29 is 23.4 Å². The van der Waals surface area contributed by atoms with Gasteiger partial charge in [-0.25, -0.2) is 13.6 Å². The predicted molar refractivity (Wildman–Crippen MR) is 73.6 cm³/mol. The number of ether oxygens (including phenoxy) is 1. The van der Waals surface area contributed by atoms with Crippen LogP contribution in [0, 0.1) is 0 Å². The fourth-order valence-corrected chi connectivity index (χ4v) is 2.22. The number of nitrogens with zero attached hydrogens (tertiary/aromatic N) is 1. The third-order valence-corrected chi connectivity index (χ3v) is 3.58. The molecule has 2 rings (SSSR count). The van der Waals surface area contributed by atoms with E-state index in [1.807, 2.05) is 17.0 Å². The number of piperidine rings is 1. The minimum absolute atomic E-state index is 0.0929. The topological polar surface area (TPSA) is 49.8 Å². The summed E-state index contributed by atoms with van der Waals surface area (Å²) in [6.45, 7) is 2.86. The van der Waals surface area contributed by atoms with Gasteiger partial charge >= 0.3 is 5.97 Å². The number of hydrogen-bond acceptors (Lipinski definition) is 3. The molecule has 0 amide bonds. The average Bonchev–Trinajstić information content (AvgIpc) is 2.43. The lowest BCUT2D eigenvalue weighted by atomic mass is 10.1. The minimum Gasteiger partial charge on any atom is -0.479 e. The molecule has 0 spiro atoms. The number of aliphatic carboxylic acids is 1. The summed E-state index contributed by atoms with van der Waals surface area (Å²) in [5.74, 6) is -3.06. The molecule has 1 N–H and O–H groups in total. The molecule has 1 fully saturated rings. The summed E-state index contributed by atoms with van der Waals surface area (Å²) in [5, 5.41) is 8.76. The van der Waals surface area contributed by atoms with Gasteiger partial charge in [-0.05, 0) is 24.6 Å². The highest BCUT2D eigenvalue weighted by Crippen LogP contribution is 2.28. The van der Waals surface area contributed by atoms with Gasteiger partial charge in [-0.1, -0.05) is 12.1 Å². The van der Waals surface area contributed by atoms with Gasteiger partial charge in [0.2, 0.25) is 0 Å². The van der Waals surface area contributed by atoms with E-state index < -0.39 is 18.0 Å². The summed E-state index contributed by atoms with van der Waals surface area (Å²) in [6, 6.07) is 7.06. The summed E-state index contributed by atoms with van der Waals surface area (Å²) in [4.78, 5) is 12.7. The summed E-state index contributed by atoms with van der Waals surface area (Å²) in [5.41, 5.74) is 0.996. The van der Waals surface area contributed by atoms with Crippen molar-refractivity contribution in [1.82, 2.24) is 4.90 Å². The molecule has 1 aromatic rings. The highest BCUT2D eigenvalue weighted by Gasteiger charge is 2.33. The molecule has 0 aromatic heterocycles. The number of benzene rings is 1. The lowest BCUT2D eigenvalue weighted by Crippen LogP contribution is -2.38. The zero-order valence-corrected chi connectivity index (χ0v) is 11.9. The zero-order chi connectivity index (χ0) is 15.5. The molecule has 116 valence electrons. The largest absolute Gasteiger partial charge is 0.479 e. The van der Waals surface area contributed by atoms with Gasteiger partial charge in [0.1, 0.15) is 5.75 Å². The van der Waals surface area contributed by atoms with E-state index in [1.165, 1.54) is 6.92 Å². The Hall–Kier alpha value is -1.69. The lowest BCUT2D eigenvalue weighted by Gasteiger charge is -2.31. The normalized spacial score (nSPS) is 20.0. The van der Waals surface area contributed by atoms with Crippen molar-refractivity contribution in [2.24, 2.45) is 0 Å². The number of carboxylic acid groups (broad SMARTS) is 1. The second-order valence-electron chi connectivity index (χ2n) is 5.37. The van der Waals surface area contributed by atoms with Crippen LogP contribution in [-0.4, -0.2) is 41.1 Å². The summed E-state index contributed by atoms with van der Waals surface area (Å²) in [7, 11) is 0. The van der Waals surface area contributed by atoms with Crippen molar-refractivity contribution in [2.75, 3.05) is 13.1 Å². The highest BCUT2D eigenvalue weighted by atomic mass is 19.3. The van der Waals surface area contributed by atoms with Gasteiger partial charge in [-0.15, -0.1) is 0 Å². The molecule has 1 heterocycles. The van der Waals surface area contributed by atoms with Crippen LogP contribution in [0.3, 0.4) is 0 Å². The number of carbonyl (C=O) groups is 1. The van der Waals surface area contributed by atoms with E-state index in [0.717, 1.165) is 5.56 Å². The smallest absolute Gasteiger partial charge is 0.344 e. The average molecular weight is 299 g/mol. The van der Waals surface area contributed by atoms with Crippen LogP contribution in [0.1, 0.15) is 25.3 Å². The molecule has 0 unspecified atom stereocenters. The molecule has 1 aliphatic heterocycles. The van der Waals surface area contributed by atoms with Gasteiger partial charge in [0.15, 0.2) is 6.10 Å². The summed E-state index contributed by atoms with van der Waals surface area (Å²) < 4.78 is 31.4. The molecule has 1 aliphatic rings. The lowest BCUT2D eigenvalue weighted by molar-refractivity contribution is -0.144. The maximum atomic E-state index is 13.1. The molecular formula is C15H19F2NO3. The molecule has 6 heteroatoms. The van der Waals surface area contributed by atoms with E-state index in [2.05, 4.69) is 0 Å². The number of carboxylic acids is 1. The standard InChI is InChI=1S/C15H19F2NO3/c1-11(14(19)20)21-13-4-2-12(3-5-13)10-18-8-6-15(16,17)7-9-18/h2-5,11H,6-10H2,1H3,(H,19,20)/t11-/m1/s1. The van der Waals surface area contributed by atoms with Crippen LogP contribution < -0.4 is 4.74 Å². The molecule has 21 heavy (non-hydrogen) atoms. The first kappa shape index (κ1) is 15.7. The number of halogens is 2. The number of hydrogen-bond donors (Lipinski definition) is 1. The Balaban J connectivity index is 1.87. The van der Waals surface area contributed by atoms with Gasteiger partial charge in [-0.3, -0.25) is 4.90 Å². The van der Waals surface area contributed by atoms with Crippen LogP contribution in [0.15, 0.2) is 24.3 Å². The molecule has 0 aliphatic carbocycles. The van der Waals surface area contributed by atoms with E-state index in [9.17, 15) is 13.6 Å². The van der Waals surface area contributed by atoms with Crippen molar-refractivity contribution in [2.45, 2.75) is 38.3 Å². The second kappa shape index (κ2) is 6.39. The Labute approximate surface area is 122 Å². The van der Waals surface area contributed by atoms with Crippen LogP contribution in [0.4, 0.5) is 8.78 Å². The van der Waals surface area contributed by atoms with Gasteiger partial charge in [0.05, 0.1) is 0 Å². The van der Waals surface area contributed by atoms with E-state index >= 15 is 0 Å². The van der Waals surface area contributed by atoms with Crippen molar-refractivity contribution in [3.63, 3.8) is 0 Å². The Bertz CT molecular complexity index is 480. The second-order valence-corrected chi connectivity index (χ2v) is 5.37.